The van der Waals surface area contributed by atoms with Crippen LogP contribution < -0.4 is 11.2 Å². The molecule has 0 aliphatic heterocycles. The summed E-state index contributed by atoms with van der Waals surface area (Å²) in [5.74, 6) is 3.96. The minimum atomic E-state index is -0.865. The summed E-state index contributed by atoms with van der Waals surface area (Å²) in [5.41, 5.74) is 0. The third kappa shape index (κ3) is 5.48. The van der Waals surface area contributed by atoms with Gasteiger partial charge in [-0.2, -0.15) is 5.90 Å². The van der Waals surface area contributed by atoms with Crippen molar-refractivity contribution in [3.63, 3.8) is 0 Å². The maximum absolute atomic E-state index is 10.7. The van der Waals surface area contributed by atoms with Gasteiger partial charge in [0.25, 0.3) is 0 Å². The van der Waals surface area contributed by atoms with Crippen LogP contribution in [0.3, 0.4) is 0 Å². The predicted octanol–water partition coefficient (Wildman–Crippen LogP) is -0.462. The molecule has 0 aromatic heterocycles. The van der Waals surface area contributed by atoms with Crippen LogP contribution >= 0.6 is 0 Å². The maximum Gasteiger partial charge on any atom is 0.426 e. The number of ether oxygens (including phenoxy) is 1. The minimum Gasteiger partial charge on any atom is -0.462 e. The molecule has 12 heavy (non-hydrogen) atoms. The van der Waals surface area contributed by atoms with E-state index < -0.39 is 12.1 Å². The van der Waals surface area contributed by atoms with Crippen LogP contribution in [0.1, 0.15) is 13.8 Å². The lowest BCUT2D eigenvalue weighted by molar-refractivity contribution is -0.146. The van der Waals surface area contributed by atoms with Crippen LogP contribution in [0.5, 0.6) is 0 Å². The normalized spacial score (nSPS) is 9.33. The van der Waals surface area contributed by atoms with Gasteiger partial charge in [0.05, 0.1) is 6.10 Å². The molecule has 0 aromatic rings. The molecule has 0 radical (unpaired) electrons. The first-order valence-electron chi connectivity index (χ1n) is 3.40. The highest BCUT2D eigenvalue weighted by atomic mass is 16.7. The highest BCUT2D eigenvalue weighted by Gasteiger charge is 2.07. The van der Waals surface area contributed by atoms with Crippen molar-refractivity contribution in [1.82, 2.24) is 5.32 Å². The molecule has 6 heteroatoms. The monoisotopic (exact) mass is 176 g/mol. The summed E-state index contributed by atoms with van der Waals surface area (Å²) in [4.78, 5) is 24.8. The molecule has 70 valence electrons. The van der Waals surface area contributed by atoms with Crippen molar-refractivity contribution in [3.8, 4) is 0 Å². The Kier molecular flexibility index (Phi) is 4.78. The van der Waals surface area contributed by atoms with Gasteiger partial charge in [-0.1, -0.05) is 0 Å². The molecule has 0 spiro atoms. The van der Waals surface area contributed by atoms with E-state index >= 15 is 0 Å². The number of amides is 1. The Balaban J connectivity index is 3.51. The SMILES string of the molecule is CC(C)OC(=O)CNC(=O)ON. The minimum absolute atomic E-state index is 0.201. The molecule has 0 unspecified atom stereocenters. The van der Waals surface area contributed by atoms with Crippen molar-refractivity contribution in [2.75, 3.05) is 6.54 Å². The average molecular weight is 176 g/mol. The van der Waals surface area contributed by atoms with Crippen LogP contribution in [0.15, 0.2) is 0 Å². The average Bonchev–Trinajstić information content (AvgIpc) is 1.99. The van der Waals surface area contributed by atoms with E-state index in [0.717, 1.165) is 0 Å². The van der Waals surface area contributed by atoms with Gasteiger partial charge in [-0.15, -0.1) is 0 Å². The largest absolute Gasteiger partial charge is 0.462 e. The maximum atomic E-state index is 10.7. The number of nitrogens with two attached hydrogens (primary N) is 1. The second-order valence-electron chi connectivity index (χ2n) is 2.30. The second kappa shape index (κ2) is 5.36. The molecule has 0 bridgehead atoms. The summed E-state index contributed by atoms with van der Waals surface area (Å²) >= 11 is 0. The predicted molar refractivity (Wildman–Crippen MR) is 39.9 cm³/mol. The Bertz CT molecular complexity index is 169. The zero-order valence-corrected chi connectivity index (χ0v) is 6.99. The summed E-state index contributed by atoms with van der Waals surface area (Å²) in [5, 5.41) is 2.08. The van der Waals surface area contributed by atoms with Crippen LogP contribution in [0.4, 0.5) is 4.79 Å². The second-order valence-corrected chi connectivity index (χ2v) is 2.30. The van der Waals surface area contributed by atoms with Crippen LogP contribution in [0.2, 0.25) is 0 Å². The molecule has 6 nitrogen and oxygen atoms in total. The van der Waals surface area contributed by atoms with Gasteiger partial charge >= 0.3 is 12.1 Å². The molecular weight excluding hydrogens is 164 g/mol. The quantitative estimate of drug-likeness (QED) is 0.448. The summed E-state index contributed by atoms with van der Waals surface area (Å²) in [6.45, 7) is 3.17. The van der Waals surface area contributed by atoms with Crippen LogP contribution in [-0.2, 0) is 14.4 Å². The molecule has 3 N–H and O–H groups in total. The number of hydrogen-bond donors (Lipinski definition) is 2. The fraction of sp³-hybridized carbons (Fsp3) is 0.667. The van der Waals surface area contributed by atoms with E-state index in [-0.39, 0.29) is 12.6 Å². The number of hydrogen-bond acceptors (Lipinski definition) is 5. The van der Waals surface area contributed by atoms with E-state index in [1.54, 1.807) is 13.8 Å². The van der Waals surface area contributed by atoms with Gasteiger partial charge in [0.2, 0.25) is 0 Å². The molecule has 0 rings (SSSR count). The highest BCUT2D eigenvalue weighted by molar-refractivity contribution is 5.77. The first-order valence-corrected chi connectivity index (χ1v) is 3.40. The summed E-state index contributed by atoms with van der Waals surface area (Å²) in [7, 11) is 0. The first-order chi connectivity index (χ1) is 5.56. The third-order valence-electron chi connectivity index (χ3n) is 0.851. The molecule has 0 saturated heterocycles. The van der Waals surface area contributed by atoms with Gasteiger partial charge in [0, 0.05) is 0 Å². The highest BCUT2D eigenvalue weighted by Crippen LogP contribution is 1.87. The number of esters is 1. The van der Waals surface area contributed by atoms with Crippen LogP contribution in [-0.4, -0.2) is 24.7 Å². The topological polar surface area (TPSA) is 90.6 Å². The van der Waals surface area contributed by atoms with Gasteiger partial charge in [-0.3, -0.25) is 4.79 Å². The zero-order valence-electron chi connectivity index (χ0n) is 6.99. The van der Waals surface area contributed by atoms with Crippen LogP contribution in [0.25, 0.3) is 0 Å². The van der Waals surface area contributed by atoms with E-state index in [1.807, 2.05) is 0 Å². The summed E-state index contributed by atoms with van der Waals surface area (Å²) < 4.78 is 4.70. The molecule has 0 saturated carbocycles. The van der Waals surface area contributed by atoms with Crippen molar-refractivity contribution in [2.24, 2.45) is 5.90 Å². The van der Waals surface area contributed by atoms with Gasteiger partial charge in [0.15, 0.2) is 0 Å². The van der Waals surface area contributed by atoms with E-state index in [4.69, 9.17) is 4.74 Å². The van der Waals surface area contributed by atoms with Crippen molar-refractivity contribution in [3.05, 3.63) is 0 Å². The van der Waals surface area contributed by atoms with Gasteiger partial charge < -0.3 is 14.9 Å². The molecular formula is C6H12N2O4. The Morgan fingerprint density at radius 3 is 2.50 bits per heavy atom. The van der Waals surface area contributed by atoms with Crippen molar-refractivity contribution in [1.29, 1.82) is 0 Å². The van der Waals surface area contributed by atoms with E-state index in [1.165, 1.54) is 0 Å². The standard InChI is InChI=1S/C6H12N2O4/c1-4(2)11-5(9)3-8-6(10)12-7/h4H,3,7H2,1-2H3,(H,8,10). The lowest BCUT2D eigenvalue weighted by Gasteiger charge is -2.07. The zero-order chi connectivity index (χ0) is 9.56. The lowest BCUT2D eigenvalue weighted by Crippen LogP contribution is -2.33. The molecule has 1 amide bonds. The Hall–Kier alpha value is -1.30. The Labute approximate surface area is 70.0 Å². The fourth-order valence-corrected chi connectivity index (χ4v) is 0.491. The molecule has 0 atom stereocenters. The van der Waals surface area contributed by atoms with Gasteiger partial charge in [-0.25, -0.2) is 4.79 Å². The molecule has 0 fully saturated rings. The number of rotatable bonds is 3. The Morgan fingerprint density at radius 2 is 2.08 bits per heavy atom. The number of carbonyl (C=O) groups excluding carboxylic acids is 2. The number of carbonyl (C=O) groups is 2. The third-order valence-corrected chi connectivity index (χ3v) is 0.851. The smallest absolute Gasteiger partial charge is 0.426 e. The van der Waals surface area contributed by atoms with Gasteiger partial charge in [0.1, 0.15) is 6.54 Å². The first kappa shape index (κ1) is 10.7. The Morgan fingerprint density at radius 1 is 1.50 bits per heavy atom. The van der Waals surface area contributed by atoms with Crippen molar-refractivity contribution >= 4 is 12.1 Å². The molecule has 0 aromatic carbocycles. The number of nitrogens with one attached hydrogen (secondary N) is 1. The molecule has 0 heterocycles. The van der Waals surface area contributed by atoms with Crippen molar-refractivity contribution < 1.29 is 19.2 Å². The lowest BCUT2D eigenvalue weighted by atomic mass is 10.5. The molecule has 0 aliphatic rings. The summed E-state index contributed by atoms with van der Waals surface area (Å²) in [6, 6.07) is 0. The molecule has 0 aliphatic carbocycles. The fourth-order valence-electron chi connectivity index (χ4n) is 0.491. The van der Waals surface area contributed by atoms with Crippen LogP contribution in [0, 0.1) is 0 Å². The summed E-state index contributed by atoms with van der Waals surface area (Å²) in [6.07, 6.45) is -1.07. The van der Waals surface area contributed by atoms with E-state index in [9.17, 15) is 9.59 Å². The van der Waals surface area contributed by atoms with Gasteiger partial charge in [-0.05, 0) is 13.8 Å². The van der Waals surface area contributed by atoms with Crippen molar-refractivity contribution in [2.45, 2.75) is 20.0 Å². The van der Waals surface area contributed by atoms with E-state index in [0.29, 0.717) is 0 Å². The van der Waals surface area contributed by atoms with E-state index in [2.05, 4.69) is 16.1 Å².